The first-order valence-electron chi connectivity index (χ1n) is 8.12. The molecule has 0 radical (unpaired) electrons. The molecule has 25 heavy (non-hydrogen) atoms. The monoisotopic (exact) mass is 380 g/mol. The molecule has 142 valence electrons. The van der Waals surface area contributed by atoms with Crippen molar-refractivity contribution in [3.8, 4) is 0 Å². The Bertz CT molecular complexity index is 652. The maximum Gasteiger partial charge on any atom is 0.416 e. The molecule has 0 spiro atoms. The lowest BCUT2D eigenvalue weighted by Gasteiger charge is -2.35. The Morgan fingerprint density at radius 2 is 1.72 bits per heavy atom. The van der Waals surface area contributed by atoms with E-state index in [1.54, 1.807) is 0 Å². The van der Waals surface area contributed by atoms with Gasteiger partial charge in [0.1, 0.15) is 0 Å². The second-order valence-corrected chi connectivity index (χ2v) is 8.06. The summed E-state index contributed by atoms with van der Waals surface area (Å²) in [6, 6.07) is 3.48. The Labute approximate surface area is 146 Å². The number of alkyl halides is 3. The summed E-state index contributed by atoms with van der Waals surface area (Å²) in [5, 5.41) is 0. The number of hydrogen-bond donors (Lipinski definition) is 1. The molecule has 0 aliphatic carbocycles. The summed E-state index contributed by atoms with van der Waals surface area (Å²) in [7, 11) is -3.81. The van der Waals surface area contributed by atoms with E-state index in [0.29, 0.717) is 6.42 Å². The molecule has 1 aliphatic rings. The summed E-state index contributed by atoms with van der Waals surface area (Å²) in [6.07, 6.45) is -3.58. The number of sulfonamides is 1. The molecule has 2 atom stereocenters. The molecule has 0 amide bonds. The second-order valence-electron chi connectivity index (χ2n) is 6.29. The Balaban J connectivity index is 1.83. The van der Waals surface area contributed by atoms with E-state index >= 15 is 0 Å². The molecule has 9 heteroatoms. The van der Waals surface area contributed by atoms with Gasteiger partial charge in [0, 0.05) is 19.6 Å². The molecule has 1 aromatic rings. The number of rotatable bonds is 6. The SMILES string of the molecule is C[C@@H]1CN(CCCNS(=O)(=O)c2ccc(C(F)(F)F)cc2)C[C@@H](C)O1. The van der Waals surface area contributed by atoms with Gasteiger partial charge in [0.2, 0.25) is 10.0 Å². The van der Waals surface area contributed by atoms with E-state index in [1.807, 2.05) is 13.8 Å². The predicted octanol–water partition coefficient (Wildman–Crippen LogP) is 2.48. The summed E-state index contributed by atoms with van der Waals surface area (Å²) < 4.78 is 69.9. The molecule has 2 rings (SSSR count). The molecular weight excluding hydrogens is 357 g/mol. The maximum absolute atomic E-state index is 12.5. The van der Waals surface area contributed by atoms with Crippen LogP contribution in [0.3, 0.4) is 0 Å². The van der Waals surface area contributed by atoms with Crippen molar-refractivity contribution in [2.75, 3.05) is 26.2 Å². The minimum absolute atomic E-state index is 0.146. The number of nitrogens with one attached hydrogen (secondary N) is 1. The Kier molecular flexibility index (Phi) is 6.47. The quantitative estimate of drug-likeness (QED) is 0.771. The van der Waals surface area contributed by atoms with Crippen LogP contribution in [0.5, 0.6) is 0 Å². The van der Waals surface area contributed by atoms with E-state index in [0.717, 1.165) is 43.9 Å². The highest BCUT2D eigenvalue weighted by Gasteiger charge is 2.30. The summed E-state index contributed by atoms with van der Waals surface area (Å²) in [5.74, 6) is 0. The lowest BCUT2D eigenvalue weighted by atomic mass is 10.2. The van der Waals surface area contributed by atoms with E-state index in [1.165, 1.54) is 0 Å². The van der Waals surface area contributed by atoms with E-state index in [4.69, 9.17) is 4.74 Å². The molecule has 0 unspecified atom stereocenters. The zero-order valence-corrected chi connectivity index (χ0v) is 15.0. The molecule has 1 N–H and O–H groups in total. The van der Waals surface area contributed by atoms with Crippen molar-refractivity contribution in [1.82, 2.24) is 9.62 Å². The van der Waals surface area contributed by atoms with Crippen molar-refractivity contribution in [3.05, 3.63) is 29.8 Å². The lowest BCUT2D eigenvalue weighted by Crippen LogP contribution is -2.46. The van der Waals surface area contributed by atoms with Crippen LogP contribution >= 0.6 is 0 Å². The molecule has 1 saturated heterocycles. The van der Waals surface area contributed by atoms with Crippen molar-refractivity contribution >= 4 is 10.0 Å². The van der Waals surface area contributed by atoms with Crippen LogP contribution in [0.4, 0.5) is 13.2 Å². The van der Waals surface area contributed by atoms with E-state index in [2.05, 4.69) is 9.62 Å². The zero-order valence-electron chi connectivity index (χ0n) is 14.2. The predicted molar refractivity (Wildman–Crippen MR) is 87.7 cm³/mol. The van der Waals surface area contributed by atoms with Crippen molar-refractivity contribution in [2.45, 2.75) is 43.5 Å². The number of nitrogens with zero attached hydrogens (tertiary/aromatic N) is 1. The molecule has 1 aliphatic heterocycles. The fourth-order valence-corrected chi connectivity index (χ4v) is 3.96. The molecule has 0 aromatic heterocycles. The molecule has 1 aromatic carbocycles. The topological polar surface area (TPSA) is 58.6 Å². The van der Waals surface area contributed by atoms with E-state index < -0.39 is 21.8 Å². The van der Waals surface area contributed by atoms with Crippen LogP contribution < -0.4 is 4.72 Å². The number of benzene rings is 1. The van der Waals surface area contributed by atoms with Gasteiger partial charge >= 0.3 is 6.18 Å². The van der Waals surface area contributed by atoms with Gasteiger partial charge in [-0.3, -0.25) is 4.90 Å². The van der Waals surface area contributed by atoms with Crippen molar-refractivity contribution < 1.29 is 26.3 Å². The van der Waals surface area contributed by atoms with Crippen molar-refractivity contribution in [1.29, 1.82) is 0 Å². The number of hydrogen-bond acceptors (Lipinski definition) is 4. The average molecular weight is 380 g/mol. The molecule has 1 heterocycles. The standard InChI is InChI=1S/C16H23F3N2O3S/c1-12-10-21(11-13(2)24-12)9-3-8-20-25(22,23)15-6-4-14(5-7-15)16(17,18)19/h4-7,12-13,20H,3,8-11H2,1-2H3/t12-,13-/m1/s1. The van der Waals surface area contributed by atoms with Crippen LogP contribution in [0.1, 0.15) is 25.8 Å². The van der Waals surface area contributed by atoms with Gasteiger partial charge in [-0.25, -0.2) is 13.1 Å². The maximum atomic E-state index is 12.5. The van der Waals surface area contributed by atoms with Crippen LogP contribution in [0.15, 0.2) is 29.2 Å². The van der Waals surface area contributed by atoms with Gasteiger partial charge in [-0.05, 0) is 51.1 Å². The van der Waals surface area contributed by atoms with Crippen molar-refractivity contribution in [3.63, 3.8) is 0 Å². The summed E-state index contributed by atoms with van der Waals surface area (Å²) in [5.41, 5.74) is -0.873. The fourth-order valence-electron chi connectivity index (χ4n) is 2.88. The minimum Gasteiger partial charge on any atom is -0.373 e. The third kappa shape index (κ3) is 5.95. The summed E-state index contributed by atoms with van der Waals surface area (Å²) in [4.78, 5) is 2.04. The van der Waals surface area contributed by atoms with Crippen molar-refractivity contribution in [2.24, 2.45) is 0 Å². The van der Waals surface area contributed by atoms with E-state index in [9.17, 15) is 21.6 Å². The third-order valence-electron chi connectivity index (χ3n) is 3.93. The van der Waals surface area contributed by atoms with Gasteiger partial charge in [0.05, 0.1) is 22.7 Å². The molecular formula is C16H23F3N2O3S. The highest BCUT2D eigenvalue weighted by molar-refractivity contribution is 7.89. The molecule has 0 bridgehead atoms. The molecule has 1 fully saturated rings. The van der Waals surface area contributed by atoms with Crippen LogP contribution in [-0.4, -0.2) is 51.7 Å². The zero-order chi connectivity index (χ0) is 18.7. The van der Waals surface area contributed by atoms with Crippen LogP contribution in [-0.2, 0) is 20.9 Å². The highest BCUT2D eigenvalue weighted by Crippen LogP contribution is 2.29. The lowest BCUT2D eigenvalue weighted by molar-refractivity contribution is -0.137. The molecule has 0 saturated carbocycles. The largest absolute Gasteiger partial charge is 0.416 e. The summed E-state index contributed by atoms with van der Waals surface area (Å²) in [6.45, 7) is 6.55. The van der Waals surface area contributed by atoms with E-state index in [-0.39, 0.29) is 23.6 Å². The van der Waals surface area contributed by atoms with Crippen LogP contribution in [0, 0.1) is 0 Å². The Hall–Kier alpha value is -1.16. The third-order valence-corrected chi connectivity index (χ3v) is 5.41. The first-order valence-corrected chi connectivity index (χ1v) is 9.61. The van der Waals surface area contributed by atoms with Gasteiger partial charge in [0.15, 0.2) is 0 Å². The number of morpholine rings is 1. The van der Waals surface area contributed by atoms with Gasteiger partial charge in [-0.2, -0.15) is 13.2 Å². The van der Waals surface area contributed by atoms with Crippen LogP contribution in [0.25, 0.3) is 0 Å². The summed E-state index contributed by atoms with van der Waals surface area (Å²) >= 11 is 0. The Morgan fingerprint density at radius 1 is 1.16 bits per heavy atom. The first kappa shape index (κ1) is 20.2. The average Bonchev–Trinajstić information content (AvgIpc) is 2.50. The fraction of sp³-hybridized carbons (Fsp3) is 0.625. The van der Waals surface area contributed by atoms with Crippen LogP contribution in [0.2, 0.25) is 0 Å². The van der Waals surface area contributed by atoms with Gasteiger partial charge in [0.25, 0.3) is 0 Å². The van der Waals surface area contributed by atoms with Gasteiger partial charge in [-0.1, -0.05) is 0 Å². The van der Waals surface area contributed by atoms with Gasteiger partial charge < -0.3 is 4.74 Å². The molecule has 5 nitrogen and oxygen atoms in total. The number of ether oxygens (including phenoxy) is 1. The number of halogens is 3. The minimum atomic E-state index is -4.48. The highest BCUT2D eigenvalue weighted by atomic mass is 32.2. The van der Waals surface area contributed by atoms with Gasteiger partial charge in [-0.15, -0.1) is 0 Å². The second kappa shape index (κ2) is 8.03. The normalized spacial score (nSPS) is 22.9. The smallest absolute Gasteiger partial charge is 0.373 e. The first-order chi connectivity index (χ1) is 11.6. The Morgan fingerprint density at radius 3 is 2.24 bits per heavy atom.